The highest BCUT2D eigenvalue weighted by atomic mass is 16.6. The van der Waals surface area contributed by atoms with Crippen LogP contribution in [0.25, 0.3) is 0 Å². The lowest BCUT2D eigenvalue weighted by molar-refractivity contribution is -0.385. The molecular weight excluding hydrogens is 354 g/mol. The molecule has 2 aromatic carbocycles. The minimum absolute atomic E-state index is 0.00330. The van der Waals surface area contributed by atoms with Crippen LogP contribution in [0.2, 0.25) is 0 Å². The Hall–Kier alpha value is -3.75. The molecule has 1 aliphatic heterocycles. The van der Waals surface area contributed by atoms with Gasteiger partial charge >= 0.3 is 11.7 Å². The van der Waals surface area contributed by atoms with Crippen molar-refractivity contribution in [1.29, 1.82) is 0 Å². The summed E-state index contributed by atoms with van der Waals surface area (Å²) in [6, 6.07) is 12.5. The highest BCUT2D eigenvalue weighted by Gasteiger charge is 2.28. The molecule has 0 aliphatic carbocycles. The molecule has 9 nitrogen and oxygen atoms in total. The Morgan fingerprint density at radius 1 is 1.19 bits per heavy atom. The van der Waals surface area contributed by atoms with Gasteiger partial charge in [-0.1, -0.05) is 18.2 Å². The fraction of sp³-hybridized carbons (Fsp3) is 0.167. The smallest absolute Gasteiger partial charge is 0.360 e. The molecule has 0 bridgehead atoms. The molecule has 0 atom stereocenters. The molecule has 0 fully saturated rings. The van der Waals surface area contributed by atoms with Crippen LogP contribution in [0.5, 0.6) is 11.5 Å². The summed E-state index contributed by atoms with van der Waals surface area (Å²) < 4.78 is 10.1. The van der Waals surface area contributed by atoms with Gasteiger partial charge in [-0.25, -0.2) is 9.80 Å². The molecule has 1 aliphatic rings. The van der Waals surface area contributed by atoms with Gasteiger partial charge in [0, 0.05) is 12.8 Å². The Balaban J connectivity index is 1.86. The number of esters is 1. The first-order chi connectivity index (χ1) is 13.0. The van der Waals surface area contributed by atoms with Crippen molar-refractivity contribution in [3.05, 3.63) is 58.6 Å². The molecule has 0 saturated carbocycles. The van der Waals surface area contributed by atoms with Crippen LogP contribution in [0.4, 0.5) is 11.4 Å². The van der Waals surface area contributed by atoms with E-state index in [0.29, 0.717) is 5.69 Å². The minimum Gasteiger partial charge on any atom is -0.496 e. The second-order valence-electron chi connectivity index (χ2n) is 5.57. The summed E-state index contributed by atoms with van der Waals surface area (Å²) in [7, 11) is 1.37. The van der Waals surface area contributed by atoms with Crippen LogP contribution in [0.15, 0.2) is 53.6 Å². The molecule has 0 aromatic heterocycles. The second-order valence-corrected chi connectivity index (χ2v) is 5.57. The predicted octanol–water partition coefficient (Wildman–Crippen LogP) is 2.69. The zero-order valence-corrected chi connectivity index (χ0v) is 14.3. The number of carbonyl (C=O) groups excluding carboxylic acids is 2. The summed E-state index contributed by atoms with van der Waals surface area (Å²) in [5.74, 6) is -1.07. The molecule has 1 heterocycles. The molecule has 27 heavy (non-hydrogen) atoms. The first-order valence-electron chi connectivity index (χ1n) is 7.99. The number of ether oxygens (including phenoxy) is 2. The van der Waals surface area contributed by atoms with E-state index in [2.05, 4.69) is 5.10 Å². The van der Waals surface area contributed by atoms with Crippen molar-refractivity contribution >= 4 is 29.0 Å². The van der Waals surface area contributed by atoms with Gasteiger partial charge in [-0.3, -0.25) is 14.9 Å². The normalized spacial score (nSPS) is 13.7. The fourth-order valence-electron chi connectivity index (χ4n) is 2.48. The third-order valence-corrected chi connectivity index (χ3v) is 3.83. The third-order valence-electron chi connectivity index (χ3n) is 3.83. The van der Waals surface area contributed by atoms with E-state index in [1.54, 1.807) is 30.3 Å². The first-order valence-corrected chi connectivity index (χ1v) is 7.99. The van der Waals surface area contributed by atoms with Gasteiger partial charge in [-0.15, -0.1) is 0 Å². The highest BCUT2D eigenvalue weighted by molar-refractivity contribution is 6.38. The maximum absolute atomic E-state index is 12.4. The predicted molar refractivity (Wildman–Crippen MR) is 95.9 cm³/mol. The lowest BCUT2D eigenvalue weighted by Gasteiger charge is -2.22. The number of hydrogen-bond acceptors (Lipinski definition) is 7. The minimum atomic E-state index is -0.850. The number of hydrogen-bond donors (Lipinski definition) is 0. The van der Waals surface area contributed by atoms with E-state index < -0.39 is 16.6 Å². The Morgan fingerprint density at radius 3 is 2.59 bits per heavy atom. The molecule has 1 amide bonds. The molecule has 3 rings (SSSR count). The molecule has 138 valence electrons. The lowest BCUT2D eigenvalue weighted by Crippen LogP contribution is -2.35. The van der Waals surface area contributed by atoms with Gasteiger partial charge in [0.05, 0.1) is 23.8 Å². The zero-order chi connectivity index (χ0) is 19.4. The number of nitro groups is 1. The lowest BCUT2D eigenvalue weighted by atomic mass is 10.1. The maximum atomic E-state index is 12.4. The van der Waals surface area contributed by atoms with Gasteiger partial charge in [0.2, 0.25) is 11.7 Å². The van der Waals surface area contributed by atoms with Gasteiger partial charge in [0.25, 0.3) is 0 Å². The molecule has 9 heteroatoms. The fourth-order valence-corrected chi connectivity index (χ4v) is 2.48. The van der Waals surface area contributed by atoms with Crippen molar-refractivity contribution in [1.82, 2.24) is 0 Å². The number of anilines is 1. The monoisotopic (exact) mass is 369 g/mol. The van der Waals surface area contributed by atoms with Crippen LogP contribution in [-0.2, 0) is 9.59 Å². The van der Waals surface area contributed by atoms with Crippen molar-refractivity contribution in [2.45, 2.75) is 12.8 Å². The topological polar surface area (TPSA) is 111 Å². The van der Waals surface area contributed by atoms with Crippen LogP contribution >= 0.6 is 0 Å². The van der Waals surface area contributed by atoms with Gasteiger partial charge in [-0.05, 0) is 24.3 Å². The summed E-state index contributed by atoms with van der Waals surface area (Å²) in [5, 5.41) is 16.4. The quantitative estimate of drug-likeness (QED) is 0.347. The molecule has 0 unspecified atom stereocenters. The summed E-state index contributed by atoms with van der Waals surface area (Å²) in [4.78, 5) is 35.1. The maximum Gasteiger partial charge on any atom is 0.360 e. The van der Waals surface area contributed by atoms with E-state index in [-0.39, 0.29) is 36.0 Å². The number of nitro benzene ring substituents is 1. The number of rotatable bonds is 5. The molecule has 2 aromatic rings. The van der Waals surface area contributed by atoms with Crippen LogP contribution in [-0.4, -0.2) is 29.6 Å². The van der Waals surface area contributed by atoms with Crippen molar-refractivity contribution in [3.8, 4) is 11.5 Å². The Kier molecular flexibility index (Phi) is 5.11. The van der Waals surface area contributed by atoms with Crippen molar-refractivity contribution < 1.29 is 24.0 Å². The average molecular weight is 369 g/mol. The van der Waals surface area contributed by atoms with Gasteiger partial charge in [0.1, 0.15) is 11.5 Å². The van der Waals surface area contributed by atoms with Crippen molar-refractivity contribution in [3.63, 3.8) is 0 Å². The SMILES string of the molecule is COc1ccc(OC(=O)C2=NN(c3ccccc3)C(=O)CC2)c([N+](=O)[O-])c1. The third kappa shape index (κ3) is 3.92. The average Bonchev–Trinajstić information content (AvgIpc) is 2.69. The summed E-state index contributed by atoms with van der Waals surface area (Å²) in [6.07, 6.45) is 0.165. The zero-order valence-electron chi connectivity index (χ0n) is 14.3. The van der Waals surface area contributed by atoms with Gasteiger partial charge in [0.15, 0.2) is 0 Å². The molecular formula is C18H15N3O6. The Labute approximate surface area is 154 Å². The second kappa shape index (κ2) is 7.65. The van der Waals surface area contributed by atoms with Crippen LogP contribution in [0, 0.1) is 10.1 Å². The van der Waals surface area contributed by atoms with Crippen molar-refractivity contribution in [2.24, 2.45) is 5.10 Å². The van der Waals surface area contributed by atoms with Crippen LogP contribution in [0.1, 0.15) is 12.8 Å². The Bertz CT molecular complexity index is 926. The number of methoxy groups -OCH3 is 1. The summed E-state index contributed by atoms with van der Waals surface area (Å²) >= 11 is 0. The number of carbonyl (C=O) groups is 2. The molecule has 0 spiro atoms. The largest absolute Gasteiger partial charge is 0.496 e. The summed E-state index contributed by atoms with van der Waals surface area (Å²) in [6.45, 7) is 0. The van der Waals surface area contributed by atoms with E-state index in [1.165, 1.54) is 19.2 Å². The summed E-state index contributed by atoms with van der Waals surface area (Å²) in [5.41, 5.74) is 0.113. The van der Waals surface area contributed by atoms with E-state index in [1.807, 2.05) is 0 Å². The number of amides is 1. The van der Waals surface area contributed by atoms with Crippen molar-refractivity contribution in [2.75, 3.05) is 12.1 Å². The van der Waals surface area contributed by atoms with E-state index in [4.69, 9.17) is 9.47 Å². The number of nitrogens with zero attached hydrogens (tertiary/aromatic N) is 3. The molecule has 0 saturated heterocycles. The van der Waals surface area contributed by atoms with Gasteiger partial charge < -0.3 is 9.47 Å². The molecule has 0 N–H and O–H groups in total. The number of hydrazone groups is 1. The van der Waals surface area contributed by atoms with E-state index in [0.717, 1.165) is 11.1 Å². The standard InChI is InChI=1S/C18H15N3O6/c1-26-13-7-9-16(15(11-13)21(24)25)27-18(23)14-8-10-17(22)20(19-14)12-5-3-2-4-6-12/h2-7,9,11H,8,10H2,1H3. The Morgan fingerprint density at radius 2 is 1.93 bits per heavy atom. The van der Waals surface area contributed by atoms with E-state index >= 15 is 0 Å². The number of para-hydroxylation sites is 1. The highest BCUT2D eigenvalue weighted by Crippen LogP contribution is 2.31. The first kappa shape index (κ1) is 18.1. The van der Waals surface area contributed by atoms with Gasteiger partial charge in [-0.2, -0.15) is 5.10 Å². The molecule has 0 radical (unpaired) electrons. The number of benzene rings is 2. The van der Waals surface area contributed by atoms with E-state index in [9.17, 15) is 19.7 Å². The van der Waals surface area contributed by atoms with Crippen LogP contribution < -0.4 is 14.5 Å². The van der Waals surface area contributed by atoms with Crippen LogP contribution in [0.3, 0.4) is 0 Å².